The lowest BCUT2D eigenvalue weighted by atomic mass is 10.2. The lowest BCUT2D eigenvalue weighted by molar-refractivity contribution is 0.0954. The Bertz CT molecular complexity index is 553. The third kappa shape index (κ3) is 3.86. The lowest BCUT2D eigenvalue weighted by Gasteiger charge is -2.04. The largest absolute Gasteiger partial charge is 0.352 e. The highest BCUT2D eigenvalue weighted by Gasteiger charge is 2.05. The molecule has 5 heteroatoms. The Morgan fingerprint density at radius 1 is 1.33 bits per heavy atom. The van der Waals surface area contributed by atoms with Crippen LogP contribution >= 0.6 is 39.9 Å². The van der Waals surface area contributed by atoms with E-state index in [-0.39, 0.29) is 5.91 Å². The Kier molecular flexibility index (Phi) is 4.86. The number of hydrogen-bond acceptors (Lipinski definition) is 3. The number of thiophene rings is 1. The quantitative estimate of drug-likeness (QED) is 0.814. The van der Waals surface area contributed by atoms with Gasteiger partial charge in [-0.3, -0.25) is 4.79 Å². The number of thiol groups is 1. The Morgan fingerprint density at radius 3 is 2.83 bits per heavy atom. The second-order valence-electron chi connectivity index (χ2n) is 3.76. The highest BCUT2D eigenvalue weighted by atomic mass is 79.9. The summed E-state index contributed by atoms with van der Waals surface area (Å²) in [5.41, 5.74) is 0.648. The van der Waals surface area contributed by atoms with E-state index in [2.05, 4.69) is 39.9 Å². The summed E-state index contributed by atoms with van der Waals surface area (Å²) in [7, 11) is 0. The maximum absolute atomic E-state index is 11.8. The van der Waals surface area contributed by atoms with Gasteiger partial charge in [0, 0.05) is 21.9 Å². The van der Waals surface area contributed by atoms with Crippen LogP contribution in [0.4, 0.5) is 0 Å². The second-order valence-corrected chi connectivity index (χ2v) is 6.83. The van der Waals surface area contributed by atoms with Crippen molar-refractivity contribution < 1.29 is 4.79 Å². The summed E-state index contributed by atoms with van der Waals surface area (Å²) >= 11 is 9.33. The minimum Gasteiger partial charge on any atom is -0.352 e. The minimum atomic E-state index is -0.0541. The lowest BCUT2D eigenvalue weighted by Crippen LogP contribution is -2.25. The summed E-state index contributed by atoms with van der Waals surface area (Å²) in [6.45, 7) is 0.641. The van der Waals surface area contributed by atoms with Crippen molar-refractivity contribution in [2.24, 2.45) is 0 Å². The normalized spacial score (nSPS) is 10.3. The molecule has 94 valence electrons. The molecule has 1 aromatic heterocycles. The molecule has 2 nitrogen and oxygen atoms in total. The van der Waals surface area contributed by atoms with Crippen molar-refractivity contribution in [2.75, 3.05) is 6.54 Å². The number of carbonyl (C=O) groups excluding carboxylic acids is 1. The number of rotatable bonds is 4. The van der Waals surface area contributed by atoms with E-state index < -0.39 is 0 Å². The second kappa shape index (κ2) is 6.41. The van der Waals surface area contributed by atoms with Gasteiger partial charge in [0.2, 0.25) is 0 Å². The van der Waals surface area contributed by atoms with E-state index >= 15 is 0 Å². The molecule has 0 aliphatic rings. The SMILES string of the molecule is O=C(NCCc1ccc(Br)s1)c1cccc(S)c1. The Balaban J connectivity index is 1.85. The maximum Gasteiger partial charge on any atom is 0.251 e. The zero-order valence-electron chi connectivity index (χ0n) is 9.52. The van der Waals surface area contributed by atoms with Crippen molar-refractivity contribution in [3.05, 3.63) is 50.6 Å². The van der Waals surface area contributed by atoms with Crippen LogP contribution in [-0.4, -0.2) is 12.5 Å². The molecule has 2 rings (SSSR count). The van der Waals surface area contributed by atoms with Crippen molar-refractivity contribution >= 4 is 45.8 Å². The number of amides is 1. The number of nitrogens with one attached hydrogen (secondary N) is 1. The average molecular weight is 342 g/mol. The molecule has 0 atom stereocenters. The van der Waals surface area contributed by atoms with Crippen LogP contribution in [0, 0.1) is 0 Å². The molecule has 0 aliphatic heterocycles. The summed E-state index contributed by atoms with van der Waals surface area (Å²) in [6, 6.07) is 11.3. The third-order valence-electron chi connectivity index (χ3n) is 2.39. The van der Waals surface area contributed by atoms with E-state index in [1.807, 2.05) is 18.2 Å². The van der Waals surface area contributed by atoms with Crippen LogP contribution < -0.4 is 5.32 Å². The molecule has 0 fully saturated rings. The molecule has 1 N–H and O–H groups in total. The molecule has 2 aromatic rings. The number of benzene rings is 1. The van der Waals surface area contributed by atoms with E-state index in [0.29, 0.717) is 12.1 Å². The monoisotopic (exact) mass is 341 g/mol. The van der Waals surface area contributed by atoms with E-state index in [9.17, 15) is 4.79 Å². The first kappa shape index (κ1) is 13.6. The first-order valence-electron chi connectivity index (χ1n) is 5.46. The predicted molar refractivity (Wildman–Crippen MR) is 81.8 cm³/mol. The van der Waals surface area contributed by atoms with Crippen LogP contribution in [0.1, 0.15) is 15.2 Å². The fourth-order valence-electron chi connectivity index (χ4n) is 1.53. The van der Waals surface area contributed by atoms with Gasteiger partial charge in [0.25, 0.3) is 5.91 Å². The van der Waals surface area contributed by atoms with Gasteiger partial charge >= 0.3 is 0 Å². The summed E-state index contributed by atoms with van der Waals surface area (Å²) in [6.07, 6.45) is 0.850. The van der Waals surface area contributed by atoms with E-state index in [1.165, 1.54) is 4.88 Å². The van der Waals surface area contributed by atoms with Crippen LogP contribution in [0.3, 0.4) is 0 Å². The van der Waals surface area contributed by atoms with Gasteiger partial charge in [-0.25, -0.2) is 0 Å². The highest BCUT2D eigenvalue weighted by Crippen LogP contribution is 2.22. The van der Waals surface area contributed by atoms with Gasteiger partial charge in [-0.2, -0.15) is 0 Å². The fourth-order valence-corrected chi connectivity index (χ4v) is 3.24. The van der Waals surface area contributed by atoms with Gasteiger partial charge in [0.05, 0.1) is 3.79 Å². The molecule has 0 saturated heterocycles. The van der Waals surface area contributed by atoms with Crippen LogP contribution in [-0.2, 0) is 6.42 Å². The summed E-state index contributed by atoms with van der Waals surface area (Å²) in [5.74, 6) is -0.0541. The average Bonchev–Trinajstić information content (AvgIpc) is 2.75. The molecular formula is C13H12BrNOS2. The van der Waals surface area contributed by atoms with Gasteiger partial charge in [-0.05, 0) is 52.7 Å². The Labute approximate surface area is 124 Å². The van der Waals surface area contributed by atoms with Crippen LogP contribution in [0.2, 0.25) is 0 Å². The van der Waals surface area contributed by atoms with Crippen molar-refractivity contribution in [2.45, 2.75) is 11.3 Å². The number of halogens is 1. The highest BCUT2D eigenvalue weighted by molar-refractivity contribution is 9.11. The Hall–Kier alpha value is -0.780. The van der Waals surface area contributed by atoms with Gasteiger partial charge in [0.15, 0.2) is 0 Å². The molecular weight excluding hydrogens is 330 g/mol. The zero-order valence-corrected chi connectivity index (χ0v) is 12.8. The Morgan fingerprint density at radius 2 is 2.17 bits per heavy atom. The predicted octanol–water partition coefficient (Wildman–Crippen LogP) is 3.77. The van der Waals surface area contributed by atoms with Gasteiger partial charge in [-0.15, -0.1) is 24.0 Å². The van der Waals surface area contributed by atoms with Crippen molar-refractivity contribution in [1.82, 2.24) is 5.32 Å². The maximum atomic E-state index is 11.8. The molecule has 0 radical (unpaired) electrons. The molecule has 1 amide bonds. The van der Waals surface area contributed by atoms with Gasteiger partial charge in [0.1, 0.15) is 0 Å². The van der Waals surface area contributed by atoms with Crippen molar-refractivity contribution in [3.63, 3.8) is 0 Å². The molecule has 18 heavy (non-hydrogen) atoms. The fraction of sp³-hybridized carbons (Fsp3) is 0.154. The smallest absolute Gasteiger partial charge is 0.251 e. The summed E-state index contributed by atoms with van der Waals surface area (Å²) < 4.78 is 1.12. The molecule has 1 aromatic carbocycles. The summed E-state index contributed by atoms with van der Waals surface area (Å²) in [5, 5.41) is 2.90. The molecule has 1 heterocycles. The first-order valence-corrected chi connectivity index (χ1v) is 7.52. The minimum absolute atomic E-state index is 0.0541. The molecule has 0 bridgehead atoms. The molecule has 0 aliphatic carbocycles. The van der Waals surface area contributed by atoms with Crippen LogP contribution in [0.25, 0.3) is 0 Å². The van der Waals surface area contributed by atoms with E-state index in [0.717, 1.165) is 15.1 Å². The zero-order chi connectivity index (χ0) is 13.0. The third-order valence-corrected chi connectivity index (χ3v) is 4.36. The summed E-state index contributed by atoms with van der Waals surface area (Å²) in [4.78, 5) is 13.9. The standard InChI is InChI=1S/C13H12BrNOS2/c14-12-5-4-11(18-12)6-7-15-13(16)9-2-1-3-10(17)8-9/h1-5,8,17H,6-7H2,(H,15,16). The molecule has 0 unspecified atom stereocenters. The van der Waals surface area contributed by atoms with Crippen molar-refractivity contribution in [1.29, 1.82) is 0 Å². The van der Waals surface area contributed by atoms with E-state index in [1.54, 1.807) is 23.5 Å². The van der Waals surface area contributed by atoms with E-state index in [4.69, 9.17) is 0 Å². The van der Waals surface area contributed by atoms with Crippen molar-refractivity contribution in [3.8, 4) is 0 Å². The van der Waals surface area contributed by atoms with Crippen LogP contribution in [0.15, 0.2) is 45.1 Å². The van der Waals surface area contributed by atoms with Gasteiger partial charge < -0.3 is 5.32 Å². The molecule has 0 spiro atoms. The van der Waals surface area contributed by atoms with Gasteiger partial charge in [-0.1, -0.05) is 6.07 Å². The molecule has 0 saturated carbocycles. The number of carbonyl (C=O) groups is 1. The van der Waals surface area contributed by atoms with Crippen LogP contribution in [0.5, 0.6) is 0 Å². The topological polar surface area (TPSA) is 29.1 Å². The first-order chi connectivity index (χ1) is 8.65. The number of hydrogen-bond donors (Lipinski definition) is 2.